The SMILES string of the molecule is Cc1ccc(F)c(C(=O)NCC2CCSCC2)c1. The minimum Gasteiger partial charge on any atom is -0.352 e. The molecule has 2 rings (SSSR count). The lowest BCUT2D eigenvalue weighted by atomic mass is 10.0. The molecule has 2 nitrogen and oxygen atoms in total. The number of halogens is 1. The number of benzene rings is 1. The van der Waals surface area contributed by atoms with Gasteiger partial charge in [0.25, 0.3) is 5.91 Å². The highest BCUT2D eigenvalue weighted by molar-refractivity contribution is 7.99. The maximum Gasteiger partial charge on any atom is 0.254 e. The highest BCUT2D eigenvalue weighted by Gasteiger charge is 2.16. The molecule has 1 fully saturated rings. The van der Waals surface area contributed by atoms with Crippen LogP contribution in [-0.2, 0) is 0 Å². The van der Waals surface area contributed by atoms with Crippen LogP contribution in [0.1, 0.15) is 28.8 Å². The van der Waals surface area contributed by atoms with Gasteiger partial charge in [-0.05, 0) is 49.3 Å². The van der Waals surface area contributed by atoms with E-state index in [1.54, 1.807) is 12.1 Å². The Morgan fingerprint density at radius 1 is 1.44 bits per heavy atom. The van der Waals surface area contributed by atoms with Crippen molar-refractivity contribution in [2.24, 2.45) is 5.92 Å². The standard InChI is InChI=1S/C14H18FNOS/c1-10-2-3-13(15)12(8-10)14(17)16-9-11-4-6-18-7-5-11/h2-3,8,11H,4-7,9H2,1H3,(H,16,17). The largest absolute Gasteiger partial charge is 0.352 e. The average molecular weight is 267 g/mol. The second-order valence-corrected chi connectivity index (χ2v) is 5.97. The van der Waals surface area contributed by atoms with Crippen LogP contribution in [0.5, 0.6) is 0 Å². The van der Waals surface area contributed by atoms with E-state index in [2.05, 4.69) is 5.32 Å². The molecule has 0 spiro atoms. The molecular formula is C14H18FNOS. The Hall–Kier alpha value is -1.03. The first-order valence-corrected chi connectivity index (χ1v) is 7.44. The van der Waals surface area contributed by atoms with E-state index in [-0.39, 0.29) is 11.5 Å². The molecule has 0 radical (unpaired) electrons. The number of amides is 1. The normalized spacial score (nSPS) is 16.6. The number of aryl methyl sites for hydroxylation is 1. The average Bonchev–Trinajstić information content (AvgIpc) is 2.40. The van der Waals surface area contributed by atoms with E-state index in [4.69, 9.17) is 0 Å². The van der Waals surface area contributed by atoms with Gasteiger partial charge in [-0.3, -0.25) is 4.79 Å². The van der Waals surface area contributed by atoms with E-state index >= 15 is 0 Å². The van der Waals surface area contributed by atoms with E-state index in [0.717, 1.165) is 18.4 Å². The third kappa shape index (κ3) is 3.48. The fourth-order valence-corrected chi connectivity index (χ4v) is 3.30. The zero-order valence-corrected chi connectivity index (χ0v) is 11.4. The molecule has 0 bridgehead atoms. The molecular weight excluding hydrogens is 249 g/mol. The van der Waals surface area contributed by atoms with E-state index in [9.17, 15) is 9.18 Å². The lowest BCUT2D eigenvalue weighted by Crippen LogP contribution is -2.31. The summed E-state index contributed by atoms with van der Waals surface area (Å²) in [4.78, 5) is 11.9. The summed E-state index contributed by atoms with van der Waals surface area (Å²) in [5.74, 6) is 2.13. The van der Waals surface area contributed by atoms with Crippen LogP contribution in [0, 0.1) is 18.7 Å². The van der Waals surface area contributed by atoms with Crippen LogP contribution < -0.4 is 5.32 Å². The highest BCUT2D eigenvalue weighted by Crippen LogP contribution is 2.22. The molecule has 1 aromatic rings. The molecule has 98 valence electrons. The van der Waals surface area contributed by atoms with E-state index < -0.39 is 5.82 Å². The van der Waals surface area contributed by atoms with E-state index in [1.165, 1.54) is 17.6 Å². The minimum absolute atomic E-state index is 0.153. The van der Waals surface area contributed by atoms with Crippen molar-refractivity contribution in [1.82, 2.24) is 5.32 Å². The summed E-state index contributed by atoms with van der Waals surface area (Å²) in [5, 5.41) is 2.85. The molecule has 0 unspecified atom stereocenters. The van der Waals surface area contributed by atoms with Crippen molar-refractivity contribution in [2.45, 2.75) is 19.8 Å². The van der Waals surface area contributed by atoms with Gasteiger partial charge in [0.1, 0.15) is 5.82 Å². The molecule has 18 heavy (non-hydrogen) atoms. The molecule has 1 amide bonds. The Labute approximate surface area is 111 Å². The fourth-order valence-electron chi connectivity index (χ4n) is 2.10. The second kappa shape index (κ2) is 6.23. The maximum atomic E-state index is 13.5. The predicted octanol–water partition coefficient (Wildman–Crippen LogP) is 3.01. The molecule has 1 aliphatic rings. The summed E-state index contributed by atoms with van der Waals surface area (Å²) in [5.41, 5.74) is 1.05. The number of nitrogens with one attached hydrogen (secondary N) is 1. The van der Waals surface area contributed by atoms with Gasteiger partial charge in [-0.1, -0.05) is 11.6 Å². The van der Waals surface area contributed by atoms with Crippen molar-refractivity contribution in [1.29, 1.82) is 0 Å². The molecule has 1 aliphatic heterocycles. The van der Waals surface area contributed by atoms with Gasteiger partial charge >= 0.3 is 0 Å². The lowest BCUT2D eigenvalue weighted by molar-refractivity contribution is 0.0942. The Balaban J connectivity index is 1.92. The van der Waals surface area contributed by atoms with Crippen molar-refractivity contribution < 1.29 is 9.18 Å². The quantitative estimate of drug-likeness (QED) is 0.912. The van der Waals surface area contributed by atoms with Crippen LogP contribution in [0.4, 0.5) is 4.39 Å². The monoisotopic (exact) mass is 267 g/mol. The van der Waals surface area contributed by atoms with Crippen molar-refractivity contribution in [3.63, 3.8) is 0 Å². The van der Waals surface area contributed by atoms with Crippen LogP contribution in [0.15, 0.2) is 18.2 Å². The van der Waals surface area contributed by atoms with Crippen LogP contribution in [0.3, 0.4) is 0 Å². The zero-order chi connectivity index (χ0) is 13.0. The Morgan fingerprint density at radius 2 is 2.17 bits per heavy atom. The molecule has 0 atom stereocenters. The van der Waals surface area contributed by atoms with Gasteiger partial charge in [0.15, 0.2) is 0 Å². The summed E-state index contributed by atoms with van der Waals surface area (Å²) in [7, 11) is 0. The predicted molar refractivity (Wildman–Crippen MR) is 73.5 cm³/mol. The smallest absolute Gasteiger partial charge is 0.254 e. The van der Waals surface area contributed by atoms with Gasteiger partial charge in [0.05, 0.1) is 5.56 Å². The van der Waals surface area contributed by atoms with Crippen molar-refractivity contribution >= 4 is 17.7 Å². The van der Waals surface area contributed by atoms with Crippen molar-refractivity contribution in [2.75, 3.05) is 18.1 Å². The molecule has 1 N–H and O–H groups in total. The van der Waals surface area contributed by atoms with Gasteiger partial charge in [-0.2, -0.15) is 11.8 Å². The third-order valence-electron chi connectivity index (χ3n) is 3.26. The van der Waals surface area contributed by atoms with Crippen LogP contribution in [0.2, 0.25) is 0 Å². The third-order valence-corrected chi connectivity index (χ3v) is 4.31. The van der Waals surface area contributed by atoms with Crippen molar-refractivity contribution in [3.8, 4) is 0 Å². The summed E-state index contributed by atoms with van der Waals surface area (Å²) in [6.07, 6.45) is 2.28. The molecule has 0 aliphatic carbocycles. The van der Waals surface area contributed by atoms with Gasteiger partial charge in [0, 0.05) is 6.54 Å². The van der Waals surface area contributed by atoms with Crippen LogP contribution in [-0.4, -0.2) is 24.0 Å². The summed E-state index contributed by atoms with van der Waals surface area (Å²) in [6.45, 7) is 2.52. The minimum atomic E-state index is -0.447. The highest BCUT2D eigenvalue weighted by atomic mass is 32.2. The number of hydrogen-bond acceptors (Lipinski definition) is 2. The summed E-state index contributed by atoms with van der Waals surface area (Å²) >= 11 is 1.96. The molecule has 1 saturated heterocycles. The Bertz CT molecular complexity index is 430. The van der Waals surface area contributed by atoms with E-state index in [1.807, 2.05) is 18.7 Å². The van der Waals surface area contributed by atoms with Crippen LogP contribution >= 0.6 is 11.8 Å². The second-order valence-electron chi connectivity index (χ2n) is 4.75. The lowest BCUT2D eigenvalue weighted by Gasteiger charge is -2.21. The topological polar surface area (TPSA) is 29.1 Å². The number of hydrogen-bond donors (Lipinski definition) is 1. The van der Waals surface area contributed by atoms with Gasteiger partial charge in [-0.25, -0.2) is 4.39 Å². The van der Waals surface area contributed by atoms with E-state index in [0.29, 0.717) is 12.5 Å². The first kappa shape index (κ1) is 13.4. The maximum absolute atomic E-state index is 13.5. The first-order valence-electron chi connectivity index (χ1n) is 6.29. The van der Waals surface area contributed by atoms with Gasteiger partial charge in [-0.15, -0.1) is 0 Å². The zero-order valence-electron chi connectivity index (χ0n) is 10.5. The Morgan fingerprint density at radius 3 is 2.89 bits per heavy atom. The molecule has 1 aromatic carbocycles. The van der Waals surface area contributed by atoms with Crippen molar-refractivity contribution in [3.05, 3.63) is 35.1 Å². The summed E-state index contributed by atoms with van der Waals surface area (Å²) < 4.78 is 13.5. The number of carbonyl (C=O) groups is 1. The fraction of sp³-hybridized carbons (Fsp3) is 0.500. The summed E-state index contributed by atoms with van der Waals surface area (Å²) in [6, 6.07) is 4.62. The molecule has 0 aromatic heterocycles. The number of thioether (sulfide) groups is 1. The molecule has 1 heterocycles. The van der Waals surface area contributed by atoms with Gasteiger partial charge in [0.2, 0.25) is 0 Å². The first-order chi connectivity index (χ1) is 8.66. The van der Waals surface area contributed by atoms with Crippen LogP contribution in [0.25, 0.3) is 0 Å². The van der Waals surface area contributed by atoms with Gasteiger partial charge < -0.3 is 5.32 Å². The Kier molecular flexibility index (Phi) is 4.64. The molecule has 0 saturated carbocycles. The number of rotatable bonds is 3. The molecule has 4 heteroatoms. The number of carbonyl (C=O) groups excluding carboxylic acids is 1.